The predicted molar refractivity (Wildman–Crippen MR) is 65.5 cm³/mol. The van der Waals surface area contributed by atoms with Crippen LogP contribution >= 0.6 is 0 Å². The Hall–Kier alpha value is -0.290. The number of likely N-dealkylation sites (tertiary alicyclic amines) is 1. The number of alkyl halides is 3. The minimum Gasteiger partial charge on any atom is -0.310 e. The second-order valence-corrected chi connectivity index (χ2v) is 5.99. The smallest absolute Gasteiger partial charge is 0.310 e. The molecule has 0 radical (unpaired) electrons. The van der Waals surface area contributed by atoms with Crippen LogP contribution in [0.5, 0.6) is 0 Å². The Morgan fingerprint density at radius 1 is 1.11 bits per heavy atom. The lowest BCUT2D eigenvalue weighted by Crippen LogP contribution is -2.50. The molecule has 2 fully saturated rings. The summed E-state index contributed by atoms with van der Waals surface area (Å²) < 4.78 is 37.4. The van der Waals surface area contributed by atoms with Crippen molar-refractivity contribution in [2.75, 3.05) is 20.1 Å². The fourth-order valence-corrected chi connectivity index (χ4v) is 3.46. The fraction of sp³-hybridized carbons (Fsp3) is 1.00. The third-order valence-corrected chi connectivity index (χ3v) is 4.07. The van der Waals surface area contributed by atoms with Crippen LogP contribution < -0.4 is 5.32 Å². The molecule has 0 spiro atoms. The number of likely N-dealkylation sites (N-methyl/N-ethyl adjacent to an activating group) is 1. The molecule has 1 saturated carbocycles. The van der Waals surface area contributed by atoms with E-state index >= 15 is 0 Å². The van der Waals surface area contributed by atoms with Gasteiger partial charge in [0.15, 0.2) is 0 Å². The lowest BCUT2D eigenvalue weighted by molar-refractivity contribution is -0.148. The van der Waals surface area contributed by atoms with Crippen molar-refractivity contribution in [3.63, 3.8) is 0 Å². The van der Waals surface area contributed by atoms with Crippen LogP contribution in [0.2, 0.25) is 0 Å². The standard InChI is InChI=1S/C13H23F3N2/c1-18-8-10(7-13(14,15)16)6-12(9-18)17-11-4-2-3-5-11/h10-12,17H,2-9H2,1H3. The highest BCUT2D eigenvalue weighted by atomic mass is 19.4. The number of halogens is 3. The largest absolute Gasteiger partial charge is 0.389 e. The van der Waals surface area contributed by atoms with Crippen LogP contribution in [-0.2, 0) is 0 Å². The number of rotatable bonds is 3. The third-order valence-electron chi connectivity index (χ3n) is 4.07. The van der Waals surface area contributed by atoms with Crippen LogP contribution in [0.25, 0.3) is 0 Å². The van der Waals surface area contributed by atoms with Crippen LogP contribution in [0.4, 0.5) is 13.2 Å². The topological polar surface area (TPSA) is 15.3 Å². The fourth-order valence-electron chi connectivity index (χ4n) is 3.46. The van der Waals surface area contributed by atoms with Gasteiger partial charge in [0.05, 0.1) is 0 Å². The Morgan fingerprint density at radius 3 is 2.39 bits per heavy atom. The quantitative estimate of drug-likeness (QED) is 0.843. The van der Waals surface area contributed by atoms with E-state index in [0.717, 1.165) is 6.54 Å². The van der Waals surface area contributed by atoms with Gasteiger partial charge in [0, 0.05) is 31.6 Å². The van der Waals surface area contributed by atoms with Crippen LogP contribution in [0.15, 0.2) is 0 Å². The van der Waals surface area contributed by atoms with Crippen molar-refractivity contribution in [1.82, 2.24) is 10.2 Å². The first-order valence-electron chi connectivity index (χ1n) is 6.94. The number of hydrogen-bond donors (Lipinski definition) is 1. The van der Waals surface area contributed by atoms with E-state index in [1.54, 1.807) is 0 Å². The lowest BCUT2D eigenvalue weighted by atomic mass is 9.91. The van der Waals surface area contributed by atoms with E-state index in [1.165, 1.54) is 25.7 Å². The molecule has 1 heterocycles. The molecule has 2 unspecified atom stereocenters. The van der Waals surface area contributed by atoms with Gasteiger partial charge in [-0.25, -0.2) is 0 Å². The number of piperidine rings is 1. The number of hydrogen-bond acceptors (Lipinski definition) is 2. The minimum atomic E-state index is -4.03. The summed E-state index contributed by atoms with van der Waals surface area (Å²) in [5.41, 5.74) is 0. The van der Waals surface area contributed by atoms with Crippen molar-refractivity contribution in [1.29, 1.82) is 0 Å². The summed E-state index contributed by atoms with van der Waals surface area (Å²) in [5, 5.41) is 3.55. The molecule has 0 bridgehead atoms. The van der Waals surface area contributed by atoms with Crippen molar-refractivity contribution in [2.45, 2.75) is 56.8 Å². The zero-order valence-electron chi connectivity index (χ0n) is 11.0. The second-order valence-electron chi connectivity index (χ2n) is 5.99. The molecule has 0 aromatic carbocycles. The van der Waals surface area contributed by atoms with Crippen molar-refractivity contribution < 1.29 is 13.2 Å². The summed E-state index contributed by atoms with van der Waals surface area (Å²) in [7, 11) is 1.92. The van der Waals surface area contributed by atoms with E-state index in [9.17, 15) is 13.2 Å². The molecule has 0 aromatic rings. The highest BCUT2D eigenvalue weighted by Crippen LogP contribution is 2.30. The Kier molecular flexibility index (Phi) is 4.54. The Labute approximate surface area is 107 Å². The maximum absolute atomic E-state index is 12.5. The van der Waals surface area contributed by atoms with Gasteiger partial charge in [-0.1, -0.05) is 12.8 Å². The molecule has 2 aliphatic rings. The highest BCUT2D eigenvalue weighted by Gasteiger charge is 2.36. The Balaban J connectivity index is 1.83. The first kappa shape index (κ1) is 14.1. The van der Waals surface area contributed by atoms with Gasteiger partial charge in [0.1, 0.15) is 0 Å². The Bertz CT molecular complexity index is 261. The molecule has 1 N–H and O–H groups in total. The van der Waals surface area contributed by atoms with Crippen molar-refractivity contribution in [2.24, 2.45) is 5.92 Å². The highest BCUT2D eigenvalue weighted by molar-refractivity contribution is 4.86. The molecule has 1 aliphatic heterocycles. The van der Waals surface area contributed by atoms with Gasteiger partial charge < -0.3 is 10.2 Å². The van der Waals surface area contributed by atoms with Crippen molar-refractivity contribution in [3.8, 4) is 0 Å². The lowest BCUT2D eigenvalue weighted by Gasteiger charge is -2.37. The van der Waals surface area contributed by atoms with E-state index < -0.39 is 12.6 Å². The first-order chi connectivity index (χ1) is 8.42. The second kappa shape index (κ2) is 5.78. The monoisotopic (exact) mass is 264 g/mol. The average molecular weight is 264 g/mol. The molecule has 5 heteroatoms. The molecule has 0 aromatic heterocycles. The SMILES string of the molecule is CN1CC(CC(F)(F)F)CC(NC2CCCC2)C1. The molecular weight excluding hydrogens is 241 g/mol. The molecule has 2 atom stereocenters. The summed E-state index contributed by atoms with van der Waals surface area (Å²) in [6, 6.07) is 0.771. The predicted octanol–water partition coefficient (Wildman–Crippen LogP) is 2.79. The summed E-state index contributed by atoms with van der Waals surface area (Å²) >= 11 is 0. The molecule has 2 rings (SSSR count). The van der Waals surface area contributed by atoms with Gasteiger partial charge in [0.25, 0.3) is 0 Å². The van der Waals surface area contributed by atoms with Gasteiger partial charge >= 0.3 is 6.18 Å². The van der Waals surface area contributed by atoms with Gasteiger partial charge in [-0.2, -0.15) is 13.2 Å². The molecule has 1 aliphatic carbocycles. The van der Waals surface area contributed by atoms with Gasteiger partial charge in [-0.15, -0.1) is 0 Å². The summed E-state index contributed by atoms with van der Waals surface area (Å²) in [6.07, 6.45) is 0.883. The molecule has 2 nitrogen and oxygen atoms in total. The van der Waals surface area contributed by atoms with Crippen LogP contribution in [0.1, 0.15) is 38.5 Å². The van der Waals surface area contributed by atoms with Gasteiger partial charge in [-0.05, 0) is 32.2 Å². The summed E-state index contributed by atoms with van der Waals surface area (Å²) in [5.74, 6) is -0.248. The van der Waals surface area contributed by atoms with E-state index in [1.807, 2.05) is 11.9 Å². The van der Waals surface area contributed by atoms with Gasteiger partial charge in [-0.3, -0.25) is 0 Å². The van der Waals surface area contributed by atoms with Crippen molar-refractivity contribution >= 4 is 0 Å². The minimum absolute atomic E-state index is 0.235. The molecule has 106 valence electrons. The van der Waals surface area contributed by atoms with E-state index in [2.05, 4.69) is 5.32 Å². The van der Waals surface area contributed by atoms with Crippen molar-refractivity contribution in [3.05, 3.63) is 0 Å². The average Bonchev–Trinajstić information content (AvgIpc) is 2.66. The zero-order chi connectivity index (χ0) is 13.2. The third kappa shape index (κ3) is 4.43. The van der Waals surface area contributed by atoms with Gasteiger partial charge in [0.2, 0.25) is 0 Å². The molecule has 1 saturated heterocycles. The summed E-state index contributed by atoms with van der Waals surface area (Å²) in [6.45, 7) is 1.45. The maximum Gasteiger partial charge on any atom is 0.389 e. The van der Waals surface area contributed by atoms with E-state index in [0.29, 0.717) is 19.0 Å². The van der Waals surface area contributed by atoms with Crippen LogP contribution in [0, 0.1) is 5.92 Å². The van der Waals surface area contributed by atoms with E-state index in [-0.39, 0.29) is 12.0 Å². The summed E-state index contributed by atoms with van der Waals surface area (Å²) in [4.78, 5) is 2.03. The molecule has 18 heavy (non-hydrogen) atoms. The molecular formula is C13H23F3N2. The van der Waals surface area contributed by atoms with E-state index in [4.69, 9.17) is 0 Å². The Morgan fingerprint density at radius 2 is 1.78 bits per heavy atom. The number of nitrogens with zero attached hydrogens (tertiary/aromatic N) is 1. The zero-order valence-corrected chi connectivity index (χ0v) is 11.0. The number of nitrogens with one attached hydrogen (secondary N) is 1. The normalized spacial score (nSPS) is 32.0. The molecule has 0 amide bonds. The van der Waals surface area contributed by atoms with Crippen LogP contribution in [-0.4, -0.2) is 43.3 Å². The van der Waals surface area contributed by atoms with Crippen LogP contribution in [0.3, 0.4) is 0 Å². The maximum atomic E-state index is 12.5. The first-order valence-corrected chi connectivity index (χ1v) is 6.94.